The maximum absolute atomic E-state index is 12.9. The van der Waals surface area contributed by atoms with Gasteiger partial charge in [0.1, 0.15) is 0 Å². The smallest absolute Gasteiger partial charge is 0.306 e. The van der Waals surface area contributed by atoms with E-state index in [4.69, 9.17) is 9.47 Å². The van der Waals surface area contributed by atoms with Crippen LogP contribution in [0.15, 0.2) is 24.3 Å². The lowest BCUT2D eigenvalue weighted by molar-refractivity contribution is -0.164. The van der Waals surface area contributed by atoms with E-state index >= 15 is 0 Å². The number of nitrogens with zero attached hydrogens (tertiary/aromatic N) is 2. The predicted molar refractivity (Wildman–Crippen MR) is 218 cm³/mol. The molecule has 2 atom stereocenters. The molecule has 7 nitrogen and oxygen atoms in total. The number of allylic oxidation sites excluding steroid dienone is 4. The molecule has 1 amide bonds. The average Bonchev–Trinajstić information content (AvgIpc) is 3.51. The van der Waals surface area contributed by atoms with Gasteiger partial charge in [-0.25, -0.2) is 0 Å². The lowest BCUT2D eigenvalue weighted by atomic mass is 10.1. The standard InChI is InChI=1S/C45H82N2O5/c1-5-7-9-11-13-15-17-19-21-23-25-27-29-31-33-35-44(49)51-41-39-47(43(48)37-38-46(3)4)40-42(41)52-45(50)36-34-32-30-28-26-24-22-20-18-16-14-12-10-8-6-2/h19-22,41-42H,5-18,23-40H2,1-4H3. The van der Waals surface area contributed by atoms with Gasteiger partial charge in [0.15, 0.2) is 12.2 Å². The number of esters is 2. The third kappa shape index (κ3) is 28.4. The van der Waals surface area contributed by atoms with Crippen molar-refractivity contribution in [2.24, 2.45) is 0 Å². The highest BCUT2D eigenvalue weighted by Gasteiger charge is 2.40. The number of likely N-dealkylation sites (tertiary alicyclic amines) is 1. The van der Waals surface area contributed by atoms with E-state index in [0.717, 1.165) is 51.4 Å². The van der Waals surface area contributed by atoms with Crippen LogP contribution in [0.3, 0.4) is 0 Å². The summed E-state index contributed by atoms with van der Waals surface area (Å²) in [7, 11) is 3.88. The van der Waals surface area contributed by atoms with Crippen LogP contribution < -0.4 is 0 Å². The molecule has 2 unspecified atom stereocenters. The Bertz CT molecular complexity index is 871. The number of ether oxygens (including phenoxy) is 2. The molecule has 0 spiro atoms. The van der Waals surface area contributed by atoms with E-state index in [2.05, 4.69) is 38.2 Å². The topological polar surface area (TPSA) is 76.2 Å². The van der Waals surface area contributed by atoms with Gasteiger partial charge in [-0.05, 0) is 78.3 Å². The molecule has 52 heavy (non-hydrogen) atoms. The van der Waals surface area contributed by atoms with Gasteiger partial charge >= 0.3 is 11.9 Å². The Morgan fingerprint density at radius 3 is 1.17 bits per heavy atom. The second kappa shape index (κ2) is 34.6. The number of carbonyl (C=O) groups is 3. The second-order valence-corrected chi connectivity index (χ2v) is 15.6. The van der Waals surface area contributed by atoms with Crippen LogP contribution in [0.1, 0.15) is 200 Å². The molecule has 0 aromatic carbocycles. The Kier molecular flexibility index (Phi) is 31.9. The lowest BCUT2D eigenvalue weighted by Gasteiger charge is -2.19. The van der Waals surface area contributed by atoms with Gasteiger partial charge in [-0.3, -0.25) is 14.4 Å². The first-order valence-corrected chi connectivity index (χ1v) is 22.0. The van der Waals surface area contributed by atoms with Crippen LogP contribution >= 0.6 is 0 Å². The molecule has 1 aliphatic heterocycles. The molecule has 1 aliphatic rings. The van der Waals surface area contributed by atoms with E-state index in [1.165, 1.54) is 116 Å². The van der Waals surface area contributed by atoms with Gasteiger partial charge in [-0.15, -0.1) is 0 Å². The van der Waals surface area contributed by atoms with Gasteiger partial charge in [-0.1, -0.05) is 141 Å². The summed E-state index contributed by atoms with van der Waals surface area (Å²) in [6, 6.07) is 0. The molecule has 0 N–H and O–H groups in total. The van der Waals surface area contributed by atoms with Crippen LogP contribution in [-0.2, 0) is 23.9 Å². The molecular formula is C45H82N2O5. The van der Waals surface area contributed by atoms with Crippen molar-refractivity contribution in [2.75, 3.05) is 33.7 Å². The minimum absolute atomic E-state index is 0.00260. The van der Waals surface area contributed by atoms with Crippen LogP contribution in [0.5, 0.6) is 0 Å². The van der Waals surface area contributed by atoms with E-state index in [-0.39, 0.29) is 30.9 Å². The lowest BCUT2D eigenvalue weighted by Crippen LogP contribution is -2.33. The molecule has 1 fully saturated rings. The zero-order valence-corrected chi connectivity index (χ0v) is 34.5. The van der Waals surface area contributed by atoms with E-state index in [1.54, 1.807) is 4.90 Å². The molecule has 0 aromatic heterocycles. The first-order chi connectivity index (χ1) is 25.4. The number of rotatable bonds is 35. The molecule has 0 aromatic rings. The minimum Gasteiger partial charge on any atom is -0.456 e. The van der Waals surface area contributed by atoms with E-state index < -0.39 is 12.2 Å². The minimum atomic E-state index is -0.600. The normalized spacial score (nSPS) is 16.1. The third-order valence-corrected chi connectivity index (χ3v) is 10.2. The van der Waals surface area contributed by atoms with Gasteiger partial charge in [0.2, 0.25) is 5.91 Å². The highest BCUT2D eigenvalue weighted by Crippen LogP contribution is 2.21. The Hall–Kier alpha value is -2.15. The van der Waals surface area contributed by atoms with Crippen LogP contribution in [0, 0.1) is 0 Å². The summed E-state index contributed by atoms with van der Waals surface area (Å²) in [5.41, 5.74) is 0. The maximum Gasteiger partial charge on any atom is 0.306 e. The zero-order chi connectivity index (χ0) is 37.9. The molecule has 0 radical (unpaired) electrons. The molecular weight excluding hydrogens is 649 g/mol. The van der Waals surface area contributed by atoms with Crippen molar-refractivity contribution in [3.05, 3.63) is 24.3 Å². The summed E-state index contributed by atoms with van der Waals surface area (Å²) >= 11 is 0. The fraction of sp³-hybridized carbons (Fsp3) is 0.844. The van der Waals surface area contributed by atoms with Crippen molar-refractivity contribution in [1.82, 2.24) is 9.80 Å². The van der Waals surface area contributed by atoms with E-state index in [0.29, 0.717) is 25.8 Å². The number of amides is 1. The first kappa shape index (κ1) is 47.9. The van der Waals surface area contributed by atoms with Crippen LogP contribution in [-0.4, -0.2) is 73.6 Å². The van der Waals surface area contributed by atoms with E-state index in [1.807, 2.05) is 19.0 Å². The van der Waals surface area contributed by atoms with Gasteiger partial charge in [0.05, 0.1) is 13.1 Å². The van der Waals surface area contributed by atoms with Crippen molar-refractivity contribution in [1.29, 1.82) is 0 Å². The van der Waals surface area contributed by atoms with E-state index in [9.17, 15) is 14.4 Å². The number of carbonyl (C=O) groups excluding carboxylic acids is 3. The summed E-state index contributed by atoms with van der Waals surface area (Å²) in [6.45, 7) is 5.75. The Morgan fingerprint density at radius 1 is 0.500 bits per heavy atom. The Labute approximate surface area is 321 Å². The summed E-state index contributed by atoms with van der Waals surface area (Å²) in [5.74, 6) is -0.519. The number of hydrogen-bond acceptors (Lipinski definition) is 6. The largest absolute Gasteiger partial charge is 0.456 e. The molecule has 302 valence electrons. The summed E-state index contributed by atoms with van der Waals surface area (Å²) in [6.07, 6.45) is 40.7. The first-order valence-electron chi connectivity index (χ1n) is 22.0. The quantitative estimate of drug-likeness (QED) is 0.0367. The number of hydrogen-bond donors (Lipinski definition) is 0. The SMILES string of the molecule is CCCCCCCCC=CCCCCCCCC(=O)OC1CN(C(=O)CCN(C)C)CC1OC(=O)CCCCCCCC=CCCCCCCCC. The third-order valence-electron chi connectivity index (χ3n) is 10.2. The van der Waals surface area contributed by atoms with Crippen LogP contribution in [0.4, 0.5) is 0 Å². The van der Waals surface area contributed by atoms with Crippen molar-refractivity contribution >= 4 is 17.8 Å². The summed E-state index contributed by atoms with van der Waals surface area (Å²) in [4.78, 5) is 42.2. The fourth-order valence-corrected chi connectivity index (χ4v) is 6.79. The second-order valence-electron chi connectivity index (χ2n) is 15.6. The van der Waals surface area contributed by atoms with Gasteiger partial charge in [0.25, 0.3) is 0 Å². The molecule has 0 bridgehead atoms. The molecule has 1 saturated heterocycles. The highest BCUT2D eigenvalue weighted by atomic mass is 16.6. The molecule has 0 aliphatic carbocycles. The summed E-state index contributed by atoms with van der Waals surface area (Å²) in [5, 5.41) is 0. The van der Waals surface area contributed by atoms with Crippen molar-refractivity contribution in [3.63, 3.8) is 0 Å². The molecule has 0 saturated carbocycles. The van der Waals surface area contributed by atoms with Crippen LogP contribution in [0.2, 0.25) is 0 Å². The molecule has 1 heterocycles. The summed E-state index contributed by atoms with van der Waals surface area (Å²) < 4.78 is 11.7. The zero-order valence-electron chi connectivity index (χ0n) is 34.5. The Balaban J connectivity index is 2.27. The monoisotopic (exact) mass is 731 g/mol. The van der Waals surface area contributed by atoms with Gasteiger partial charge in [0, 0.05) is 25.8 Å². The highest BCUT2D eigenvalue weighted by molar-refractivity contribution is 5.77. The van der Waals surface area contributed by atoms with Gasteiger partial charge in [-0.2, -0.15) is 0 Å². The Morgan fingerprint density at radius 2 is 0.827 bits per heavy atom. The van der Waals surface area contributed by atoms with Crippen molar-refractivity contribution < 1.29 is 23.9 Å². The van der Waals surface area contributed by atoms with Crippen molar-refractivity contribution in [2.45, 2.75) is 212 Å². The van der Waals surface area contributed by atoms with Gasteiger partial charge < -0.3 is 19.3 Å². The maximum atomic E-state index is 12.9. The van der Waals surface area contributed by atoms with Crippen molar-refractivity contribution in [3.8, 4) is 0 Å². The molecule has 7 heteroatoms. The number of unbranched alkanes of at least 4 members (excludes halogenated alkanes) is 22. The predicted octanol–water partition coefficient (Wildman–Crippen LogP) is 11.7. The fourth-order valence-electron chi connectivity index (χ4n) is 6.79. The molecule has 1 rings (SSSR count). The average molecular weight is 731 g/mol. The van der Waals surface area contributed by atoms with Crippen LogP contribution in [0.25, 0.3) is 0 Å².